The molecule has 20 heavy (non-hydrogen) atoms. The van der Waals surface area contributed by atoms with Crippen LogP contribution in [0.4, 0.5) is 0 Å². The van der Waals surface area contributed by atoms with Crippen molar-refractivity contribution in [2.75, 3.05) is 0 Å². The van der Waals surface area contributed by atoms with Gasteiger partial charge in [0.15, 0.2) is 0 Å². The first-order chi connectivity index (χ1) is 9.74. The van der Waals surface area contributed by atoms with Gasteiger partial charge in [-0.05, 0) is 54.2 Å². The minimum absolute atomic E-state index is 0.0420. The third-order valence-electron chi connectivity index (χ3n) is 3.76. The summed E-state index contributed by atoms with van der Waals surface area (Å²) in [6.45, 7) is 0.454. The van der Waals surface area contributed by atoms with E-state index in [0.29, 0.717) is 11.6 Å². The Labute approximate surface area is 123 Å². The molecule has 3 heteroatoms. The number of amides is 1. The normalized spacial score (nSPS) is 13.1. The maximum absolute atomic E-state index is 12.2. The first kappa shape index (κ1) is 13.2. The zero-order valence-electron chi connectivity index (χ0n) is 11.2. The first-order valence-corrected chi connectivity index (χ1v) is 7.25. The van der Waals surface area contributed by atoms with Crippen molar-refractivity contribution < 1.29 is 4.79 Å². The van der Waals surface area contributed by atoms with Crippen molar-refractivity contribution in [2.45, 2.75) is 25.8 Å². The summed E-state index contributed by atoms with van der Waals surface area (Å²) < 4.78 is 0. The third-order valence-corrected chi connectivity index (χ3v) is 4.13. The lowest BCUT2D eigenvalue weighted by Gasteiger charge is -2.08. The van der Waals surface area contributed by atoms with Crippen LogP contribution in [0.25, 0.3) is 0 Å². The van der Waals surface area contributed by atoms with Gasteiger partial charge >= 0.3 is 0 Å². The topological polar surface area (TPSA) is 29.1 Å². The number of benzene rings is 2. The van der Waals surface area contributed by atoms with Gasteiger partial charge in [0.2, 0.25) is 0 Å². The lowest BCUT2D eigenvalue weighted by molar-refractivity contribution is 0.0951. The van der Waals surface area contributed by atoms with Crippen LogP contribution in [-0.4, -0.2) is 5.91 Å². The number of rotatable bonds is 3. The van der Waals surface area contributed by atoms with E-state index in [0.717, 1.165) is 24.0 Å². The van der Waals surface area contributed by atoms with Gasteiger partial charge in [-0.25, -0.2) is 0 Å². The highest BCUT2D eigenvalue weighted by atomic mass is 35.5. The molecule has 0 unspecified atom stereocenters. The van der Waals surface area contributed by atoms with Crippen LogP contribution in [0, 0.1) is 0 Å². The number of fused-ring (bicyclic) bond motifs is 1. The number of halogens is 1. The summed E-state index contributed by atoms with van der Waals surface area (Å²) >= 11 is 6.08. The molecular formula is C17H16ClNO. The van der Waals surface area contributed by atoms with Gasteiger partial charge in [-0.1, -0.05) is 35.9 Å². The fourth-order valence-corrected chi connectivity index (χ4v) is 2.83. The van der Waals surface area contributed by atoms with E-state index in [1.807, 2.05) is 36.4 Å². The lowest BCUT2D eigenvalue weighted by Crippen LogP contribution is -2.23. The quantitative estimate of drug-likeness (QED) is 0.914. The van der Waals surface area contributed by atoms with E-state index < -0.39 is 0 Å². The Bertz CT molecular complexity index is 651. The van der Waals surface area contributed by atoms with Crippen molar-refractivity contribution in [3.05, 3.63) is 69.7 Å². The molecule has 2 nitrogen and oxygen atoms in total. The van der Waals surface area contributed by atoms with Gasteiger partial charge in [0.25, 0.3) is 5.91 Å². The first-order valence-electron chi connectivity index (χ1n) is 6.87. The second kappa shape index (κ2) is 5.68. The predicted octanol–water partition coefficient (Wildman–Crippen LogP) is 3.76. The van der Waals surface area contributed by atoms with Crippen LogP contribution < -0.4 is 5.32 Å². The minimum atomic E-state index is -0.0420. The van der Waals surface area contributed by atoms with Crippen LogP contribution in [0.5, 0.6) is 0 Å². The summed E-state index contributed by atoms with van der Waals surface area (Å²) in [6, 6.07) is 13.6. The largest absolute Gasteiger partial charge is 0.348 e. The molecule has 3 rings (SSSR count). The van der Waals surface area contributed by atoms with E-state index in [2.05, 4.69) is 11.4 Å². The van der Waals surface area contributed by atoms with E-state index in [9.17, 15) is 4.79 Å². The molecule has 0 bridgehead atoms. The summed E-state index contributed by atoms with van der Waals surface area (Å²) in [6.07, 6.45) is 3.41. The Morgan fingerprint density at radius 1 is 1.10 bits per heavy atom. The zero-order chi connectivity index (χ0) is 13.9. The Morgan fingerprint density at radius 3 is 2.75 bits per heavy atom. The molecule has 1 aliphatic rings. The van der Waals surface area contributed by atoms with E-state index >= 15 is 0 Å². The molecule has 1 amide bonds. The van der Waals surface area contributed by atoms with Crippen LogP contribution >= 0.6 is 11.6 Å². The fraction of sp³-hybridized carbons (Fsp3) is 0.235. The molecule has 102 valence electrons. The Morgan fingerprint density at radius 2 is 1.90 bits per heavy atom. The molecule has 0 saturated carbocycles. The monoisotopic (exact) mass is 285 g/mol. The summed E-state index contributed by atoms with van der Waals surface area (Å²) in [5.74, 6) is -0.0420. The highest BCUT2D eigenvalue weighted by molar-refractivity contribution is 6.31. The van der Waals surface area contributed by atoms with E-state index in [-0.39, 0.29) is 5.91 Å². The number of hydrogen-bond acceptors (Lipinski definition) is 1. The maximum Gasteiger partial charge on any atom is 0.251 e. The standard InChI is InChI=1S/C17H16ClNO/c18-16-7-2-1-4-15(16)11-19-17(20)14-9-8-12-5-3-6-13(12)10-14/h1-2,4,7-10H,3,5-6,11H2,(H,19,20). The molecule has 0 radical (unpaired) electrons. The fourth-order valence-electron chi connectivity index (χ4n) is 2.63. The maximum atomic E-state index is 12.2. The van der Waals surface area contributed by atoms with Gasteiger partial charge in [0.05, 0.1) is 0 Å². The van der Waals surface area contributed by atoms with Crippen molar-refractivity contribution in [2.24, 2.45) is 0 Å². The lowest BCUT2D eigenvalue weighted by atomic mass is 10.1. The molecule has 2 aromatic rings. The molecule has 0 aromatic heterocycles. The van der Waals surface area contributed by atoms with Crippen molar-refractivity contribution >= 4 is 17.5 Å². The zero-order valence-corrected chi connectivity index (χ0v) is 11.9. The van der Waals surface area contributed by atoms with E-state index in [4.69, 9.17) is 11.6 Å². The molecule has 1 aliphatic carbocycles. The molecule has 0 fully saturated rings. The number of hydrogen-bond donors (Lipinski definition) is 1. The molecule has 1 N–H and O–H groups in total. The minimum Gasteiger partial charge on any atom is -0.348 e. The number of carbonyl (C=O) groups excluding carboxylic acids is 1. The Hall–Kier alpha value is -1.80. The Kier molecular flexibility index (Phi) is 3.75. The van der Waals surface area contributed by atoms with Crippen molar-refractivity contribution in [1.82, 2.24) is 5.32 Å². The van der Waals surface area contributed by atoms with Gasteiger partial charge in [-0.3, -0.25) is 4.79 Å². The highest BCUT2D eigenvalue weighted by Crippen LogP contribution is 2.23. The van der Waals surface area contributed by atoms with Crippen LogP contribution in [0.1, 0.15) is 33.5 Å². The number of carbonyl (C=O) groups is 1. The second-order valence-electron chi connectivity index (χ2n) is 5.11. The second-order valence-corrected chi connectivity index (χ2v) is 5.52. The highest BCUT2D eigenvalue weighted by Gasteiger charge is 2.13. The van der Waals surface area contributed by atoms with Crippen LogP contribution in [0.3, 0.4) is 0 Å². The van der Waals surface area contributed by atoms with Gasteiger partial charge in [0, 0.05) is 17.1 Å². The van der Waals surface area contributed by atoms with E-state index in [1.54, 1.807) is 0 Å². The van der Waals surface area contributed by atoms with Crippen LogP contribution in [-0.2, 0) is 19.4 Å². The van der Waals surface area contributed by atoms with E-state index in [1.165, 1.54) is 17.5 Å². The molecule has 0 saturated heterocycles. The van der Waals surface area contributed by atoms with Crippen molar-refractivity contribution in [3.8, 4) is 0 Å². The Balaban J connectivity index is 1.69. The van der Waals surface area contributed by atoms with Crippen molar-refractivity contribution in [1.29, 1.82) is 0 Å². The predicted molar refractivity (Wildman–Crippen MR) is 81.1 cm³/mol. The molecule has 0 spiro atoms. The SMILES string of the molecule is O=C(NCc1ccccc1Cl)c1ccc2c(c1)CCC2. The van der Waals surface area contributed by atoms with Gasteiger partial charge in [-0.2, -0.15) is 0 Å². The summed E-state index contributed by atoms with van der Waals surface area (Å²) in [5.41, 5.74) is 4.37. The van der Waals surface area contributed by atoms with Crippen LogP contribution in [0.2, 0.25) is 5.02 Å². The van der Waals surface area contributed by atoms with Crippen molar-refractivity contribution in [3.63, 3.8) is 0 Å². The average molecular weight is 286 g/mol. The summed E-state index contributed by atoms with van der Waals surface area (Å²) in [5, 5.41) is 3.61. The number of nitrogens with one attached hydrogen (secondary N) is 1. The third kappa shape index (κ3) is 2.70. The van der Waals surface area contributed by atoms with Gasteiger partial charge in [0.1, 0.15) is 0 Å². The van der Waals surface area contributed by atoms with Gasteiger partial charge in [-0.15, -0.1) is 0 Å². The average Bonchev–Trinajstić information content (AvgIpc) is 2.93. The molecule has 0 heterocycles. The smallest absolute Gasteiger partial charge is 0.251 e. The molecular weight excluding hydrogens is 270 g/mol. The molecule has 2 aromatic carbocycles. The summed E-state index contributed by atoms with van der Waals surface area (Å²) in [4.78, 5) is 12.2. The molecule has 0 atom stereocenters. The molecule has 0 aliphatic heterocycles. The van der Waals surface area contributed by atoms with Crippen LogP contribution in [0.15, 0.2) is 42.5 Å². The summed E-state index contributed by atoms with van der Waals surface area (Å²) in [7, 11) is 0. The number of aryl methyl sites for hydroxylation is 2. The van der Waals surface area contributed by atoms with Gasteiger partial charge < -0.3 is 5.32 Å².